The largest absolute Gasteiger partial charge is 0.319 e. The Hall–Kier alpha value is -1.88. The van der Waals surface area contributed by atoms with Crippen molar-refractivity contribution in [1.29, 1.82) is 0 Å². The number of amides is 1. The van der Waals surface area contributed by atoms with Gasteiger partial charge in [0.1, 0.15) is 5.82 Å². The second kappa shape index (κ2) is 5.18. The lowest BCUT2D eigenvalue weighted by molar-refractivity contribution is 0.101. The molecule has 0 aliphatic rings. The summed E-state index contributed by atoms with van der Waals surface area (Å²) in [6.45, 7) is 3.82. The fraction of sp³-hybridized carbons (Fsp3) is 0.250. The van der Waals surface area contributed by atoms with Crippen LogP contribution >= 0.6 is 11.6 Å². The number of aryl methyl sites for hydroxylation is 2. The van der Waals surface area contributed by atoms with Gasteiger partial charge in [-0.05, 0) is 24.6 Å². The van der Waals surface area contributed by atoms with E-state index in [1.54, 1.807) is 12.1 Å². The quantitative estimate of drug-likeness (QED) is 0.895. The third-order valence-corrected chi connectivity index (χ3v) is 2.75. The van der Waals surface area contributed by atoms with Gasteiger partial charge >= 0.3 is 0 Å². The Balaban J connectivity index is 2.18. The number of benzene rings is 1. The number of halogens is 1. The van der Waals surface area contributed by atoms with Crippen LogP contribution in [-0.2, 0) is 6.42 Å². The second-order valence-electron chi connectivity index (χ2n) is 3.87. The normalized spacial score (nSPS) is 10.4. The van der Waals surface area contributed by atoms with Gasteiger partial charge in [0.05, 0.1) is 0 Å². The minimum Gasteiger partial charge on any atom is -0.319 e. The summed E-state index contributed by atoms with van der Waals surface area (Å²) in [5.41, 5.74) is 1.59. The molecule has 0 bridgehead atoms. The smallest absolute Gasteiger partial charge is 0.295 e. The summed E-state index contributed by atoms with van der Waals surface area (Å²) in [6, 6.07) is 5.31. The number of aromatic amines is 1. The van der Waals surface area contributed by atoms with Crippen LogP contribution in [-0.4, -0.2) is 21.1 Å². The van der Waals surface area contributed by atoms with Crippen molar-refractivity contribution >= 4 is 23.2 Å². The van der Waals surface area contributed by atoms with Gasteiger partial charge in [-0.1, -0.05) is 24.6 Å². The highest BCUT2D eigenvalue weighted by atomic mass is 35.5. The van der Waals surface area contributed by atoms with Crippen molar-refractivity contribution < 1.29 is 4.79 Å². The number of rotatable bonds is 3. The summed E-state index contributed by atoms with van der Waals surface area (Å²) in [5, 5.41) is 9.86. The van der Waals surface area contributed by atoms with Gasteiger partial charge in [0.25, 0.3) is 5.91 Å². The van der Waals surface area contributed by atoms with Gasteiger partial charge in [-0.15, -0.1) is 5.10 Å². The van der Waals surface area contributed by atoms with E-state index in [0.29, 0.717) is 23.0 Å². The number of hydrogen-bond acceptors (Lipinski definition) is 3. The van der Waals surface area contributed by atoms with E-state index in [2.05, 4.69) is 20.5 Å². The third-order valence-electron chi connectivity index (χ3n) is 2.52. The number of H-pyrrole nitrogens is 1. The van der Waals surface area contributed by atoms with Gasteiger partial charge < -0.3 is 5.32 Å². The Morgan fingerprint density at radius 1 is 1.50 bits per heavy atom. The van der Waals surface area contributed by atoms with Crippen LogP contribution in [0.1, 0.15) is 28.9 Å². The summed E-state index contributed by atoms with van der Waals surface area (Å²) in [7, 11) is 0. The zero-order valence-electron chi connectivity index (χ0n) is 10.1. The first-order chi connectivity index (χ1) is 8.60. The Morgan fingerprint density at radius 3 is 2.94 bits per heavy atom. The van der Waals surface area contributed by atoms with Crippen molar-refractivity contribution in [3.63, 3.8) is 0 Å². The molecular formula is C12H13ClN4O. The van der Waals surface area contributed by atoms with E-state index >= 15 is 0 Å². The molecule has 1 amide bonds. The molecule has 18 heavy (non-hydrogen) atoms. The molecule has 0 unspecified atom stereocenters. The molecule has 0 saturated heterocycles. The Morgan fingerprint density at radius 2 is 2.28 bits per heavy atom. The molecule has 6 heteroatoms. The van der Waals surface area contributed by atoms with Crippen molar-refractivity contribution in [2.45, 2.75) is 20.3 Å². The lowest BCUT2D eigenvalue weighted by Gasteiger charge is -2.06. The van der Waals surface area contributed by atoms with E-state index in [1.165, 1.54) is 0 Å². The van der Waals surface area contributed by atoms with E-state index in [0.717, 1.165) is 5.56 Å². The molecule has 1 aromatic heterocycles. The minimum atomic E-state index is -0.351. The first-order valence-electron chi connectivity index (χ1n) is 5.59. The van der Waals surface area contributed by atoms with Crippen LogP contribution in [0.5, 0.6) is 0 Å². The van der Waals surface area contributed by atoms with Crippen LogP contribution in [0.4, 0.5) is 5.69 Å². The van der Waals surface area contributed by atoms with Crippen molar-refractivity contribution in [3.05, 3.63) is 40.4 Å². The standard InChI is InChI=1S/C12H13ClN4O/c1-3-10-15-11(17-16-10)12(18)14-9-6-8(13)5-4-7(9)2/h4-6H,3H2,1-2H3,(H,14,18)(H,15,16,17). The van der Waals surface area contributed by atoms with Crippen LogP contribution < -0.4 is 5.32 Å². The minimum absolute atomic E-state index is 0.131. The maximum atomic E-state index is 11.9. The van der Waals surface area contributed by atoms with E-state index in [4.69, 9.17) is 11.6 Å². The molecule has 0 atom stereocenters. The number of hydrogen-bond donors (Lipinski definition) is 2. The highest BCUT2D eigenvalue weighted by Gasteiger charge is 2.13. The summed E-state index contributed by atoms with van der Waals surface area (Å²) >= 11 is 5.88. The topological polar surface area (TPSA) is 70.7 Å². The molecule has 2 rings (SSSR count). The van der Waals surface area contributed by atoms with Gasteiger partial charge in [0.15, 0.2) is 0 Å². The number of nitrogens with one attached hydrogen (secondary N) is 2. The van der Waals surface area contributed by atoms with E-state index in [-0.39, 0.29) is 11.7 Å². The van der Waals surface area contributed by atoms with Gasteiger partial charge in [-0.25, -0.2) is 4.98 Å². The number of carbonyl (C=O) groups excluding carboxylic acids is 1. The van der Waals surface area contributed by atoms with Crippen LogP contribution in [0.2, 0.25) is 5.02 Å². The van der Waals surface area contributed by atoms with E-state index < -0.39 is 0 Å². The summed E-state index contributed by atoms with van der Waals surface area (Å²) in [6.07, 6.45) is 0.705. The van der Waals surface area contributed by atoms with Gasteiger partial charge in [-0.2, -0.15) is 0 Å². The molecule has 0 aliphatic heterocycles. The number of carbonyl (C=O) groups is 1. The molecule has 0 aliphatic carbocycles. The van der Waals surface area contributed by atoms with Crippen LogP contribution in [0, 0.1) is 6.92 Å². The van der Waals surface area contributed by atoms with Gasteiger partial charge in [0.2, 0.25) is 5.82 Å². The first kappa shape index (κ1) is 12.6. The predicted molar refractivity (Wildman–Crippen MR) is 69.9 cm³/mol. The molecule has 94 valence electrons. The van der Waals surface area contributed by atoms with Crippen molar-refractivity contribution in [2.24, 2.45) is 0 Å². The van der Waals surface area contributed by atoms with Crippen LogP contribution in [0.15, 0.2) is 18.2 Å². The molecule has 0 spiro atoms. The van der Waals surface area contributed by atoms with Crippen LogP contribution in [0.25, 0.3) is 0 Å². The van der Waals surface area contributed by atoms with Gasteiger partial charge in [-0.3, -0.25) is 9.89 Å². The fourth-order valence-corrected chi connectivity index (χ4v) is 1.63. The molecule has 2 N–H and O–H groups in total. The second-order valence-corrected chi connectivity index (χ2v) is 4.31. The third kappa shape index (κ3) is 2.68. The molecule has 0 radical (unpaired) electrons. The molecule has 0 fully saturated rings. The summed E-state index contributed by atoms with van der Waals surface area (Å²) in [4.78, 5) is 16.0. The SMILES string of the molecule is CCc1nc(C(=O)Nc2cc(Cl)ccc2C)n[nH]1. The molecule has 2 aromatic rings. The molecule has 5 nitrogen and oxygen atoms in total. The summed E-state index contributed by atoms with van der Waals surface area (Å²) in [5.74, 6) is 0.463. The van der Waals surface area contributed by atoms with Gasteiger partial charge in [0, 0.05) is 17.1 Å². The van der Waals surface area contributed by atoms with Crippen molar-refractivity contribution in [3.8, 4) is 0 Å². The molecule has 1 heterocycles. The number of nitrogens with zero attached hydrogens (tertiary/aromatic N) is 2. The highest BCUT2D eigenvalue weighted by molar-refractivity contribution is 6.31. The molecule has 0 saturated carbocycles. The Kier molecular flexibility index (Phi) is 3.62. The average Bonchev–Trinajstić information content (AvgIpc) is 2.82. The van der Waals surface area contributed by atoms with E-state index in [1.807, 2.05) is 19.9 Å². The lowest BCUT2D eigenvalue weighted by Crippen LogP contribution is -2.14. The molecule has 1 aromatic carbocycles. The Labute approximate surface area is 110 Å². The Bertz CT molecular complexity index is 579. The average molecular weight is 265 g/mol. The zero-order valence-corrected chi connectivity index (χ0v) is 10.9. The monoisotopic (exact) mass is 264 g/mol. The predicted octanol–water partition coefficient (Wildman–Crippen LogP) is 2.58. The number of anilines is 1. The zero-order chi connectivity index (χ0) is 13.1. The lowest BCUT2D eigenvalue weighted by atomic mass is 10.2. The summed E-state index contributed by atoms with van der Waals surface area (Å²) < 4.78 is 0. The number of aromatic nitrogens is 3. The van der Waals surface area contributed by atoms with E-state index in [9.17, 15) is 4.79 Å². The fourth-order valence-electron chi connectivity index (χ4n) is 1.46. The highest BCUT2D eigenvalue weighted by Crippen LogP contribution is 2.20. The van der Waals surface area contributed by atoms with Crippen molar-refractivity contribution in [2.75, 3.05) is 5.32 Å². The van der Waals surface area contributed by atoms with Crippen molar-refractivity contribution in [1.82, 2.24) is 15.2 Å². The molecular weight excluding hydrogens is 252 g/mol. The van der Waals surface area contributed by atoms with Crippen LogP contribution in [0.3, 0.4) is 0 Å². The first-order valence-corrected chi connectivity index (χ1v) is 5.96. The maximum Gasteiger partial charge on any atom is 0.295 e. The maximum absolute atomic E-state index is 11.9.